The molecule has 2 heterocycles. The number of carbonyl (C=O) groups is 1. The molecule has 2 fully saturated rings. The van der Waals surface area contributed by atoms with Gasteiger partial charge in [0.15, 0.2) is 0 Å². The van der Waals surface area contributed by atoms with Crippen LogP contribution in [0.25, 0.3) is 10.9 Å². The molecule has 2 aliphatic rings. The Morgan fingerprint density at radius 3 is 2.86 bits per heavy atom. The molecule has 0 bridgehead atoms. The van der Waals surface area contributed by atoms with Gasteiger partial charge in [-0.2, -0.15) is 0 Å². The number of fused-ring (bicyclic) bond motifs is 1. The molecule has 1 saturated heterocycles. The maximum absolute atomic E-state index is 13.3. The van der Waals surface area contributed by atoms with Gasteiger partial charge in [0.1, 0.15) is 0 Å². The summed E-state index contributed by atoms with van der Waals surface area (Å²) in [7, 11) is 1.75. The molecule has 6 heteroatoms. The van der Waals surface area contributed by atoms with E-state index in [9.17, 15) is 4.79 Å². The monoisotopic (exact) mass is 398 g/mol. The van der Waals surface area contributed by atoms with Crippen LogP contribution in [-0.2, 0) is 16.1 Å². The third kappa shape index (κ3) is 4.34. The van der Waals surface area contributed by atoms with Gasteiger partial charge in [0, 0.05) is 63.0 Å². The molecule has 2 N–H and O–H groups in total. The number of hydrogen-bond donors (Lipinski definition) is 2. The number of amides is 1. The summed E-state index contributed by atoms with van der Waals surface area (Å²) in [5.74, 6) is 0.235. The Morgan fingerprint density at radius 1 is 1.34 bits per heavy atom. The lowest BCUT2D eigenvalue weighted by Crippen LogP contribution is -2.57. The third-order valence-corrected chi connectivity index (χ3v) is 6.29. The van der Waals surface area contributed by atoms with E-state index in [-0.39, 0.29) is 18.0 Å². The lowest BCUT2D eigenvalue weighted by atomic mass is 10.0. The molecule has 1 aliphatic heterocycles. The molecule has 6 nitrogen and oxygen atoms in total. The van der Waals surface area contributed by atoms with Crippen molar-refractivity contribution in [1.82, 2.24) is 20.1 Å². The number of ether oxygens (including phenoxy) is 1. The summed E-state index contributed by atoms with van der Waals surface area (Å²) in [5.41, 5.74) is 3.76. The number of hydrogen-bond acceptors (Lipinski definition) is 4. The molecule has 2 atom stereocenters. The van der Waals surface area contributed by atoms with Gasteiger partial charge < -0.3 is 24.8 Å². The fraction of sp³-hybridized carbons (Fsp3) is 0.609. The van der Waals surface area contributed by atoms with Crippen molar-refractivity contribution in [3.05, 3.63) is 35.5 Å². The summed E-state index contributed by atoms with van der Waals surface area (Å²) < 4.78 is 7.55. The smallest absolute Gasteiger partial charge is 0.241 e. The Morgan fingerprint density at radius 2 is 2.17 bits per heavy atom. The average Bonchev–Trinajstić information content (AvgIpc) is 3.53. The molecule has 1 amide bonds. The Bertz CT molecular complexity index is 852. The SMILES string of the molecule is COCCCn1cc(C)c2ccc([C@H](C)N(C(=O)[C@H]3CNCCN3)C3CC3)cc21. The summed E-state index contributed by atoms with van der Waals surface area (Å²) in [5, 5.41) is 8.03. The maximum Gasteiger partial charge on any atom is 0.241 e. The molecule has 0 spiro atoms. The second-order valence-corrected chi connectivity index (χ2v) is 8.49. The Balaban J connectivity index is 1.59. The van der Waals surface area contributed by atoms with Crippen molar-refractivity contribution in [2.75, 3.05) is 33.4 Å². The summed E-state index contributed by atoms with van der Waals surface area (Å²) in [6.45, 7) is 8.55. The van der Waals surface area contributed by atoms with Crippen molar-refractivity contribution in [1.29, 1.82) is 0 Å². The molecule has 29 heavy (non-hydrogen) atoms. The highest BCUT2D eigenvalue weighted by Crippen LogP contribution is 2.36. The van der Waals surface area contributed by atoms with Crippen LogP contribution in [0.5, 0.6) is 0 Å². The topological polar surface area (TPSA) is 58.5 Å². The number of nitrogens with zero attached hydrogens (tertiary/aromatic N) is 2. The van der Waals surface area contributed by atoms with Crippen LogP contribution in [0.3, 0.4) is 0 Å². The molecule has 158 valence electrons. The van der Waals surface area contributed by atoms with E-state index in [1.165, 1.54) is 22.0 Å². The van der Waals surface area contributed by atoms with Gasteiger partial charge in [-0.15, -0.1) is 0 Å². The van der Waals surface area contributed by atoms with E-state index < -0.39 is 0 Å². The van der Waals surface area contributed by atoms with E-state index in [4.69, 9.17) is 4.74 Å². The van der Waals surface area contributed by atoms with Crippen LogP contribution in [0.4, 0.5) is 0 Å². The normalized spacial score (nSPS) is 20.7. The lowest BCUT2D eigenvalue weighted by molar-refractivity contribution is -0.136. The molecule has 0 unspecified atom stereocenters. The zero-order chi connectivity index (χ0) is 20.4. The van der Waals surface area contributed by atoms with Gasteiger partial charge in [0.05, 0.1) is 12.1 Å². The molecule has 1 aromatic heterocycles. The predicted octanol–water partition coefficient (Wildman–Crippen LogP) is 2.60. The van der Waals surface area contributed by atoms with Crippen LogP contribution in [0.1, 0.15) is 43.4 Å². The number of carbonyl (C=O) groups excluding carboxylic acids is 1. The van der Waals surface area contributed by atoms with E-state index in [1.807, 2.05) is 0 Å². The number of rotatable bonds is 8. The van der Waals surface area contributed by atoms with E-state index in [0.29, 0.717) is 6.04 Å². The minimum atomic E-state index is -0.115. The van der Waals surface area contributed by atoms with Crippen molar-refractivity contribution < 1.29 is 9.53 Å². The number of piperazine rings is 1. The van der Waals surface area contributed by atoms with E-state index >= 15 is 0 Å². The fourth-order valence-electron chi connectivity index (χ4n) is 4.52. The summed E-state index contributed by atoms with van der Waals surface area (Å²) in [6, 6.07) is 7.05. The molecule has 2 aromatic rings. The highest BCUT2D eigenvalue weighted by Gasteiger charge is 2.39. The fourth-order valence-corrected chi connectivity index (χ4v) is 4.52. The van der Waals surface area contributed by atoms with Crippen LogP contribution >= 0.6 is 0 Å². The van der Waals surface area contributed by atoms with Crippen LogP contribution in [-0.4, -0.2) is 60.8 Å². The predicted molar refractivity (Wildman–Crippen MR) is 116 cm³/mol. The van der Waals surface area contributed by atoms with E-state index in [2.05, 4.69) is 58.3 Å². The van der Waals surface area contributed by atoms with Crippen molar-refractivity contribution in [2.45, 2.75) is 57.8 Å². The van der Waals surface area contributed by atoms with Crippen molar-refractivity contribution >= 4 is 16.8 Å². The Hall–Kier alpha value is -1.89. The van der Waals surface area contributed by atoms with Crippen molar-refractivity contribution in [2.24, 2.45) is 0 Å². The Labute approximate surface area is 173 Å². The van der Waals surface area contributed by atoms with Crippen molar-refractivity contribution in [3.63, 3.8) is 0 Å². The summed E-state index contributed by atoms with van der Waals surface area (Å²) >= 11 is 0. The minimum absolute atomic E-state index is 0.0748. The third-order valence-electron chi connectivity index (χ3n) is 6.29. The first-order chi connectivity index (χ1) is 14.1. The van der Waals surface area contributed by atoms with Gasteiger partial charge in [-0.3, -0.25) is 4.79 Å². The largest absolute Gasteiger partial charge is 0.385 e. The van der Waals surface area contributed by atoms with Crippen LogP contribution < -0.4 is 10.6 Å². The highest BCUT2D eigenvalue weighted by atomic mass is 16.5. The van der Waals surface area contributed by atoms with Crippen LogP contribution in [0.2, 0.25) is 0 Å². The van der Waals surface area contributed by atoms with E-state index in [1.54, 1.807) is 7.11 Å². The lowest BCUT2D eigenvalue weighted by Gasteiger charge is -2.35. The van der Waals surface area contributed by atoms with Gasteiger partial charge >= 0.3 is 0 Å². The van der Waals surface area contributed by atoms with Gasteiger partial charge in [-0.1, -0.05) is 12.1 Å². The van der Waals surface area contributed by atoms with Gasteiger partial charge in [0.25, 0.3) is 0 Å². The standard InChI is InChI=1S/C23H34N4O2/c1-16-15-26(11-4-12-29-3)22-13-18(5-8-20(16)22)17(2)27(19-6-7-19)23(28)21-14-24-9-10-25-21/h5,8,13,15,17,19,21,24-25H,4,6-7,9-12,14H2,1-3H3/t17-,21+/m0/s1. The molecular formula is C23H34N4O2. The molecule has 1 saturated carbocycles. The second kappa shape index (κ2) is 8.86. The van der Waals surface area contributed by atoms with Crippen LogP contribution in [0.15, 0.2) is 24.4 Å². The zero-order valence-electron chi connectivity index (χ0n) is 17.9. The first-order valence-electron chi connectivity index (χ1n) is 10.9. The number of aromatic nitrogens is 1. The zero-order valence-corrected chi connectivity index (χ0v) is 17.9. The van der Waals surface area contributed by atoms with Crippen LogP contribution in [0, 0.1) is 6.92 Å². The maximum atomic E-state index is 13.3. The molecule has 1 aromatic carbocycles. The van der Waals surface area contributed by atoms with Gasteiger partial charge in [-0.25, -0.2) is 0 Å². The molecule has 0 radical (unpaired) electrons. The van der Waals surface area contributed by atoms with Gasteiger partial charge in [0.2, 0.25) is 5.91 Å². The van der Waals surface area contributed by atoms with E-state index in [0.717, 1.165) is 52.0 Å². The molecule has 4 rings (SSSR count). The number of nitrogens with one attached hydrogen (secondary N) is 2. The molecular weight excluding hydrogens is 364 g/mol. The minimum Gasteiger partial charge on any atom is -0.385 e. The summed E-state index contributed by atoms with van der Waals surface area (Å²) in [6.07, 6.45) is 5.46. The van der Waals surface area contributed by atoms with Crippen molar-refractivity contribution in [3.8, 4) is 0 Å². The first kappa shape index (κ1) is 20.4. The quantitative estimate of drug-likeness (QED) is 0.671. The molecule has 1 aliphatic carbocycles. The first-order valence-corrected chi connectivity index (χ1v) is 10.9. The number of methoxy groups -OCH3 is 1. The second-order valence-electron chi connectivity index (χ2n) is 8.49. The van der Waals surface area contributed by atoms with Gasteiger partial charge in [-0.05, 0) is 50.3 Å². The average molecular weight is 399 g/mol. The number of benzene rings is 1. The highest BCUT2D eigenvalue weighted by molar-refractivity contribution is 5.86. The number of aryl methyl sites for hydroxylation is 2. The Kier molecular flexibility index (Phi) is 6.23. The summed E-state index contributed by atoms with van der Waals surface area (Å²) in [4.78, 5) is 15.4.